The number of aliphatic hydroxyl groups is 1. The average Bonchev–Trinajstić information content (AvgIpc) is 3.15. The fourth-order valence-electron chi connectivity index (χ4n) is 4.53. The molecule has 1 aromatic carbocycles. The minimum atomic E-state index is -1.31. The summed E-state index contributed by atoms with van der Waals surface area (Å²) in [6.07, 6.45) is 0.114. The molecule has 4 rings (SSSR count). The number of aliphatic hydroxyl groups excluding tert-OH is 1. The van der Waals surface area contributed by atoms with E-state index in [4.69, 9.17) is 16.3 Å². The molecule has 2 aromatic heterocycles. The summed E-state index contributed by atoms with van der Waals surface area (Å²) in [5.41, 5.74) is 2.48. The molecule has 0 amide bonds. The van der Waals surface area contributed by atoms with Crippen molar-refractivity contribution < 1.29 is 18.6 Å². The molecule has 33 heavy (non-hydrogen) atoms. The second-order valence-corrected chi connectivity index (χ2v) is 8.80. The van der Waals surface area contributed by atoms with E-state index in [-0.39, 0.29) is 23.2 Å². The largest absolute Gasteiger partial charge is 0.493 e. The molecule has 0 saturated carbocycles. The van der Waals surface area contributed by atoms with E-state index in [1.807, 2.05) is 18.7 Å². The van der Waals surface area contributed by atoms with Gasteiger partial charge in [0.05, 0.1) is 35.4 Å². The SMILES string of the molecule is CCOc1c(C(C)n2nc(C(C)F)c3c(C)ncnc32)cc(Cl)c(F)c1C1CN(CCO)C1. The molecule has 3 heterocycles. The summed E-state index contributed by atoms with van der Waals surface area (Å²) < 4.78 is 37.3. The first-order valence-corrected chi connectivity index (χ1v) is 11.5. The summed E-state index contributed by atoms with van der Waals surface area (Å²) in [4.78, 5) is 10.6. The molecule has 2 unspecified atom stereocenters. The molecule has 7 nitrogen and oxygen atoms in total. The summed E-state index contributed by atoms with van der Waals surface area (Å²) in [5.74, 6) is -0.167. The number of likely N-dealkylation sites (tertiary alicyclic amines) is 1. The molecular formula is C23H28ClF2N5O2. The van der Waals surface area contributed by atoms with Crippen molar-refractivity contribution in [2.24, 2.45) is 0 Å². The van der Waals surface area contributed by atoms with Crippen molar-refractivity contribution in [3.63, 3.8) is 0 Å². The van der Waals surface area contributed by atoms with E-state index < -0.39 is 18.0 Å². The lowest BCUT2D eigenvalue weighted by Gasteiger charge is -2.40. The number of hydrogen-bond donors (Lipinski definition) is 1. The lowest BCUT2D eigenvalue weighted by atomic mass is 9.87. The highest BCUT2D eigenvalue weighted by atomic mass is 35.5. The van der Waals surface area contributed by atoms with E-state index in [9.17, 15) is 9.50 Å². The fraction of sp³-hybridized carbons (Fsp3) is 0.522. The van der Waals surface area contributed by atoms with E-state index >= 15 is 4.39 Å². The van der Waals surface area contributed by atoms with Crippen LogP contribution in [0.4, 0.5) is 8.78 Å². The number of ether oxygens (including phenoxy) is 1. The Bertz CT molecular complexity index is 1160. The third kappa shape index (κ3) is 4.18. The Hall–Kier alpha value is -2.36. The van der Waals surface area contributed by atoms with Crippen LogP contribution in [0.5, 0.6) is 5.75 Å². The number of β-amino-alcohol motifs (C(OH)–C–C–N with tert-alkyl or cyclic N) is 1. The third-order valence-electron chi connectivity index (χ3n) is 6.20. The normalized spacial score (nSPS) is 16.7. The van der Waals surface area contributed by atoms with E-state index in [2.05, 4.69) is 15.1 Å². The second kappa shape index (κ2) is 9.48. The van der Waals surface area contributed by atoms with Crippen LogP contribution in [0.2, 0.25) is 5.02 Å². The highest BCUT2D eigenvalue weighted by Gasteiger charge is 2.35. The first-order valence-electron chi connectivity index (χ1n) is 11.1. The van der Waals surface area contributed by atoms with Crippen LogP contribution in [0, 0.1) is 12.7 Å². The van der Waals surface area contributed by atoms with Crippen LogP contribution >= 0.6 is 11.6 Å². The zero-order valence-corrected chi connectivity index (χ0v) is 19.9. The Labute approximate surface area is 196 Å². The van der Waals surface area contributed by atoms with Gasteiger partial charge in [0.1, 0.15) is 29.8 Å². The van der Waals surface area contributed by atoms with Crippen LogP contribution in [-0.4, -0.2) is 62.6 Å². The number of alkyl halides is 1. The highest BCUT2D eigenvalue weighted by Crippen LogP contribution is 2.44. The Morgan fingerprint density at radius 2 is 2.03 bits per heavy atom. The Kier molecular flexibility index (Phi) is 6.83. The number of nitrogens with zero attached hydrogens (tertiary/aromatic N) is 5. The van der Waals surface area contributed by atoms with Crippen molar-refractivity contribution >= 4 is 22.6 Å². The number of aromatic nitrogens is 4. The maximum absolute atomic E-state index is 15.3. The van der Waals surface area contributed by atoms with Gasteiger partial charge < -0.3 is 9.84 Å². The molecule has 0 aliphatic carbocycles. The molecule has 0 spiro atoms. The van der Waals surface area contributed by atoms with Gasteiger partial charge in [-0.1, -0.05) is 11.6 Å². The minimum absolute atomic E-state index is 0.00253. The van der Waals surface area contributed by atoms with E-state index in [1.54, 1.807) is 17.7 Å². The zero-order valence-electron chi connectivity index (χ0n) is 19.1. The van der Waals surface area contributed by atoms with Crippen LogP contribution in [-0.2, 0) is 0 Å². The molecule has 0 bridgehead atoms. The van der Waals surface area contributed by atoms with Gasteiger partial charge in [-0.25, -0.2) is 23.4 Å². The number of fused-ring (bicyclic) bond motifs is 1. The molecular weight excluding hydrogens is 452 g/mol. The topological polar surface area (TPSA) is 76.3 Å². The Balaban J connectivity index is 1.85. The van der Waals surface area contributed by atoms with Crippen LogP contribution in [0.1, 0.15) is 61.4 Å². The third-order valence-corrected chi connectivity index (χ3v) is 6.48. The van der Waals surface area contributed by atoms with Gasteiger partial charge in [0.15, 0.2) is 5.65 Å². The molecule has 178 valence electrons. The van der Waals surface area contributed by atoms with E-state index in [1.165, 1.54) is 13.3 Å². The second-order valence-electron chi connectivity index (χ2n) is 8.40. The van der Waals surface area contributed by atoms with Crippen molar-refractivity contribution in [2.75, 3.05) is 32.8 Å². The monoisotopic (exact) mass is 479 g/mol. The van der Waals surface area contributed by atoms with Crippen LogP contribution in [0.15, 0.2) is 12.4 Å². The van der Waals surface area contributed by atoms with Crippen molar-refractivity contribution in [1.82, 2.24) is 24.6 Å². The summed E-state index contributed by atoms with van der Waals surface area (Å²) in [6.45, 7) is 9.07. The summed E-state index contributed by atoms with van der Waals surface area (Å²) in [6, 6.07) is 1.10. The highest BCUT2D eigenvalue weighted by molar-refractivity contribution is 6.31. The van der Waals surface area contributed by atoms with Crippen molar-refractivity contribution in [3.05, 3.63) is 45.7 Å². The van der Waals surface area contributed by atoms with Gasteiger partial charge in [-0.3, -0.25) is 4.90 Å². The maximum atomic E-state index is 15.3. The summed E-state index contributed by atoms with van der Waals surface area (Å²) in [7, 11) is 0. The van der Waals surface area contributed by atoms with Crippen LogP contribution < -0.4 is 4.74 Å². The molecule has 1 saturated heterocycles. The van der Waals surface area contributed by atoms with Gasteiger partial charge in [-0.2, -0.15) is 5.10 Å². The lowest BCUT2D eigenvalue weighted by molar-refractivity contribution is 0.112. The van der Waals surface area contributed by atoms with E-state index in [0.717, 1.165) is 0 Å². The summed E-state index contributed by atoms with van der Waals surface area (Å²) >= 11 is 6.35. The number of aryl methyl sites for hydroxylation is 1. The maximum Gasteiger partial charge on any atom is 0.162 e. The standard InChI is InChI=1S/C23H28ClF2N5O2/c1-5-33-22-16(8-17(24)20(26)19(22)15-9-30(10-15)6-7-32)14(4)31-23-18(13(3)27-11-28-23)21(29-31)12(2)25/h8,11-12,14-15,32H,5-7,9-10H2,1-4H3. The van der Waals surface area contributed by atoms with Gasteiger partial charge in [0.2, 0.25) is 0 Å². The van der Waals surface area contributed by atoms with Crippen molar-refractivity contribution in [2.45, 2.75) is 45.8 Å². The van der Waals surface area contributed by atoms with Gasteiger partial charge in [0.25, 0.3) is 0 Å². The number of hydrogen-bond acceptors (Lipinski definition) is 6. The quantitative estimate of drug-likeness (QED) is 0.517. The number of rotatable bonds is 8. The number of benzene rings is 1. The molecule has 1 N–H and O–H groups in total. The molecule has 1 fully saturated rings. The average molecular weight is 480 g/mol. The van der Waals surface area contributed by atoms with Gasteiger partial charge >= 0.3 is 0 Å². The molecule has 10 heteroatoms. The predicted molar refractivity (Wildman–Crippen MR) is 122 cm³/mol. The van der Waals surface area contributed by atoms with Gasteiger partial charge in [-0.05, 0) is 33.8 Å². The summed E-state index contributed by atoms with van der Waals surface area (Å²) in [5, 5.41) is 14.3. The molecule has 0 radical (unpaired) electrons. The van der Waals surface area contributed by atoms with Crippen molar-refractivity contribution in [3.8, 4) is 5.75 Å². The Morgan fingerprint density at radius 1 is 1.30 bits per heavy atom. The van der Waals surface area contributed by atoms with Crippen molar-refractivity contribution in [1.29, 1.82) is 0 Å². The lowest BCUT2D eigenvalue weighted by Crippen LogP contribution is -2.46. The van der Waals surface area contributed by atoms with Gasteiger partial charge in [0, 0.05) is 36.7 Å². The molecule has 1 aliphatic rings. The number of halogens is 3. The predicted octanol–water partition coefficient (Wildman–Crippen LogP) is 4.36. The first kappa shape index (κ1) is 23.8. The first-order chi connectivity index (χ1) is 15.8. The smallest absolute Gasteiger partial charge is 0.162 e. The Morgan fingerprint density at radius 3 is 2.67 bits per heavy atom. The fourth-order valence-corrected chi connectivity index (χ4v) is 4.75. The molecule has 1 aliphatic heterocycles. The minimum Gasteiger partial charge on any atom is -0.493 e. The van der Waals surface area contributed by atoms with Crippen LogP contribution in [0.3, 0.4) is 0 Å². The zero-order chi connectivity index (χ0) is 23.9. The molecule has 2 atom stereocenters. The van der Waals surface area contributed by atoms with E-state index in [0.29, 0.717) is 59.8 Å². The molecule has 3 aromatic rings. The van der Waals surface area contributed by atoms with Gasteiger partial charge in [-0.15, -0.1) is 0 Å². The van der Waals surface area contributed by atoms with Crippen LogP contribution in [0.25, 0.3) is 11.0 Å².